The zero-order valence-electron chi connectivity index (χ0n) is 16.2. The number of rotatable bonds is 5. The van der Waals surface area contributed by atoms with Crippen molar-refractivity contribution in [2.45, 2.75) is 19.1 Å². The number of ether oxygens (including phenoxy) is 3. The van der Waals surface area contributed by atoms with Crippen LogP contribution in [0.25, 0.3) is 0 Å². The van der Waals surface area contributed by atoms with E-state index < -0.39 is 12.1 Å². The van der Waals surface area contributed by atoms with Crippen molar-refractivity contribution in [3.05, 3.63) is 53.1 Å². The average Bonchev–Trinajstić information content (AvgIpc) is 2.74. The first-order valence-electron chi connectivity index (χ1n) is 9.05. The molecule has 1 aliphatic heterocycles. The Bertz CT molecular complexity index is 853. The van der Waals surface area contributed by atoms with Crippen LogP contribution in [-0.4, -0.2) is 61.1 Å². The van der Waals surface area contributed by atoms with E-state index in [9.17, 15) is 15.0 Å². The van der Waals surface area contributed by atoms with Crippen LogP contribution in [0.2, 0.25) is 0 Å². The fraction of sp³-hybridized carbons (Fsp3) is 0.381. The maximum atomic E-state index is 13.3. The Hall–Kier alpha value is -2.77. The van der Waals surface area contributed by atoms with Crippen molar-refractivity contribution in [2.75, 3.05) is 34.0 Å². The lowest BCUT2D eigenvalue weighted by Gasteiger charge is -2.41. The molecule has 0 unspecified atom stereocenters. The van der Waals surface area contributed by atoms with E-state index in [4.69, 9.17) is 14.2 Å². The number of aliphatic hydroxyl groups excluding tert-OH is 1. The van der Waals surface area contributed by atoms with Gasteiger partial charge >= 0.3 is 0 Å². The molecule has 1 heterocycles. The number of nitrogens with zero attached hydrogens (tertiary/aromatic N) is 1. The van der Waals surface area contributed by atoms with Crippen LogP contribution in [0.15, 0.2) is 36.4 Å². The van der Waals surface area contributed by atoms with Crippen LogP contribution in [0.4, 0.5) is 0 Å². The smallest absolute Gasteiger partial charge is 0.254 e. The molecule has 1 amide bonds. The van der Waals surface area contributed by atoms with Crippen LogP contribution in [0.3, 0.4) is 0 Å². The molecule has 0 saturated carbocycles. The molecular weight excluding hydrogens is 362 g/mol. The molecule has 1 fully saturated rings. The van der Waals surface area contributed by atoms with Crippen LogP contribution < -0.4 is 9.47 Å². The normalized spacial score (nSPS) is 19.4. The van der Waals surface area contributed by atoms with Crippen LogP contribution in [0.5, 0.6) is 17.2 Å². The van der Waals surface area contributed by atoms with E-state index in [0.717, 1.165) is 5.56 Å². The number of benzene rings is 2. The van der Waals surface area contributed by atoms with Gasteiger partial charge in [-0.3, -0.25) is 4.79 Å². The van der Waals surface area contributed by atoms with Crippen molar-refractivity contribution in [1.29, 1.82) is 0 Å². The Morgan fingerprint density at radius 1 is 1.21 bits per heavy atom. The minimum absolute atomic E-state index is 0.0699. The van der Waals surface area contributed by atoms with Crippen molar-refractivity contribution >= 4 is 5.91 Å². The van der Waals surface area contributed by atoms with Crippen molar-refractivity contribution in [3.63, 3.8) is 0 Å². The number of phenols is 1. The summed E-state index contributed by atoms with van der Waals surface area (Å²) >= 11 is 0. The topological polar surface area (TPSA) is 88.5 Å². The van der Waals surface area contributed by atoms with Crippen molar-refractivity contribution < 1.29 is 29.2 Å². The van der Waals surface area contributed by atoms with Gasteiger partial charge in [0.1, 0.15) is 11.9 Å². The highest BCUT2D eigenvalue weighted by Gasteiger charge is 2.37. The SMILES string of the molecule is COc1ccc([C@@H]2[C@@H](CO)OCCN2C(=O)c2cccc(O)c2C)cc1OC. The van der Waals surface area contributed by atoms with Gasteiger partial charge in [-0.2, -0.15) is 0 Å². The third-order valence-electron chi connectivity index (χ3n) is 5.08. The van der Waals surface area contributed by atoms with Crippen molar-refractivity contribution in [2.24, 2.45) is 0 Å². The van der Waals surface area contributed by atoms with Crippen LogP contribution in [0, 0.1) is 6.92 Å². The van der Waals surface area contributed by atoms with Crippen molar-refractivity contribution in [1.82, 2.24) is 4.90 Å². The molecule has 0 spiro atoms. The summed E-state index contributed by atoms with van der Waals surface area (Å²) in [5, 5.41) is 19.8. The molecule has 7 nitrogen and oxygen atoms in total. The maximum absolute atomic E-state index is 13.3. The zero-order chi connectivity index (χ0) is 20.3. The van der Waals surface area contributed by atoms with Crippen LogP contribution in [0.1, 0.15) is 27.5 Å². The summed E-state index contributed by atoms with van der Waals surface area (Å²) in [6, 6.07) is 9.76. The summed E-state index contributed by atoms with van der Waals surface area (Å²) in [7, 11) is 3.10. The molecule has 0 aromatic heterocycles. The molecule has 2 N–H and O–H groups in total. The second-order valence-electron chi connectivity index (χ2n) is 6.60. The molecule has 0 aliphatic carbocycles. The van der Waals surface area contributed by atoms with Gasteiger partial charge in [0.2, 0.25) is 0 Å². The van der Waals surface area contributed by atoms with Crippen molar-refractivity contribution in [3.8, 4) is 17.2 Å². The van der Waals surface area contributed by atoms with Gasteiger partial charge in [0.25, 0.3) is 5.91 Å². The van der Waals surface area contributed by atoms with E-state index in [1.165, 1.54) is 0 Å². The van der Waals surface area contributed by atoms with Crippen LogP contribution >= 0.6 is 0 Å². The average molecular weight is 387 g/mol. The van der Waals surface area contributed by atoms with E-state index in [2.05, 4.69) is 0 Å². The molecule has 3 rings (SSSR count). The van der Waals surface area contributed by atoms with Gasteiger partial charge in [-0.25, -0.2) is 0 Å². The minimum Gasteiger partial charge on any atom is -0.508 e. The molecule has 2 atom stereocenters. The van der Waals surface area contributed by atoms with Gasteiger partial charge in [0, 0.05) is 17.7 Å². The summed E-state index contributed by atoms with van der Waals surface area (Å²) in [5.41, 5.74) is 1.71. The summed E-state index contributed by atoms with van der Waals surface area (Å²) < 4.78 is 16.4. The summed E-state index contributed by atoms with van der Waals surface area (Å²) in [6.45, 7) is 2.15. The number of phenolic OH excluding ortho intramolecular Hbond substituents is 1. The molecule has 0 radical (unpaired) electrons. The number of carbonyl (C=O) groups excluding carboxylic acids is 1. The first-order chi connectivity index (χ1) is 13.5. The number of amides is 1. The highest BCUT2D eigenvalue weighted by Crippen LogP contribution is 2.36. The van der Waals surface area contributed by atoms with Gasteiger partial charge in [-0.1, -0.05) is 12.1 Å². The Kier molecular flexibility index (Phi) is 6.06. The quantitative estimate of drug-likeness (QED) is 0.818. The van der Waals surface area contributed by atoms with Gasteiger partial charge < -0.3 is 29.3 Å². The molecule has 0 bridgehead atoms. The fourth-order valence-electron chi connectivity index (χ4n) is 3.56. The Balaban J connectivity index is 2.04. The predicted molar refractivity (Wildman–Crippen MR) is 103 cm³/mol. The lowest BCUT2D eigenvalue weighted by molar-refractivity contribution is -0.0812. The Morgan fingerprint density at radius 3 is 2.64 bits per heavy atom. The number of morpholine rings is 1. The highest BCUT2D eigenvalue weighted by molar-refractivity contribution is 5.96. The molecule has 28 heavy (non-hydrogen) atoms. The number of hydrogen-bond acceptors (Lipinski definition) is 6. The summed E-state index contributed by atoms with van der Waals surface area (Å²) in [5.74, 6) is 0.948. The molecule has 1 aliphatic rings. The van der Waals surface area contributed by atoms with E-state index in [1.807, 2.05) is 6.07 Å². The number of aliphatic hydroxyl groups is 1. The largest absolute Gasteiger partial charge is 0.508 e. The highest BCUT2D eigenvalue weighted by atomic mass is 16.5. The van der Waals surface area contributed by atoms with Gasteiger partial charge in [-0.05, 0) is 36.8 Å². The molecular formula is C21H25NO6. The van der Waals surface area contributed by atoms with Gasteiger partial charge in [0.05, 0.1) is 33.5 Å². The monoisotopic (exact) mass is 387 g/mol. The van der Waals surface area contributed by atoms with E-state index in [1.54, 1.807) is 56.4 Å². The number of aromatic hydroxyl groups is 1. The molecule has 2 aromatic rings. The first-order valence-corrected chi connectivity index (χ1v) is 9.05. The second kappa shape index (κ2) is 8.50. The second-order valence-corrected chi connectivity index (χ2v) is 6.60. The standard InChI is InChI=1S/C21H25NO6/c1-13-15(5-4-6-16(13)24)21(25)22-9-10-28-19(12-23)20(22)14-7-8-17(26-2)18(11-14)27-3/h4-8,11,19-20,23-24H,9-10,12H2,1-3H3/t19-,20-/m1/s1. The minimum atomic E-state index is -0.576. The fourth-order valence-corrected chi connectivity index (χ4v) is 3.56. The predicted octanol–water partition coefficient (Wildman–Crippen LogP) is 2.29. The third kappa shape index (κ3) is 3.63. The van der Waals surface area contributed by atoms with Gasteiger partial charge in [-0.15, -0.1) is 0 Å². The molecule has 150 valence electrons. The number of hydrogen-bond donors (Lipinski definition) is 2. The lowest BCUT2D eigenvalue weighted by atomic mass is 9.96. The lowest BCUT2D eigenvalue weighted by Crippen LogP contribution is -2.49. The maximum Gasteiger partial charge on any atom is 0.254 e. The van der Waals surface area contributed by atoms with Crippen LogP contribution in [-0.2, 0) is 4.74 Å². The van der Waals surface area contributed by atoms with E-state index in [-0.39, 0.29) is 18.3 Å². The van der Waals surface area contributed by atoms with E-state index in [0.29, 0.717) is 35.8 Å². The van der Waals surface area contributed by atoms with Gasteiger partial charge in [0.15, 0.2) is 11.5 Å². The summed E-state index contributed by atoms with van der Waals surface area (Å²) in [6.07, 6.45) is -0.576. The van der Waals surface area contributed by atoms with E-state index >= 15 is 0 Å². The first kappa shape index (κ1) is 20.0. The number of methoxy groups -OCH3 is 2. The molecule has 7 heteroatoms. The molecule has 2 aromatic carbocycles. The number of carbonyl (C=O) groups is 1. The molecule has 1 saturated heterocycles. The summed E-state index contributed by atoms with van der Waals surface area (Å²) in [4.78, 5) is 15.0. The third-order valence-corrected chi connectivity index (χ3v) is 5.08. The Labute approximate surface area is 164 Å². The Morgan fingerprint density at radius 2 is 1.96 bits per heavy atom. The zero-order valence-corrected chi connectivity index (χ0v) is 16.2.